The van der Waals surface area contributed by atoms with E-state index in [1.807, 2.05) is 0 Å². The van der Waals surface area contributed by atoms with Crippen molar-refractivity contribution in [3.8, 4) is 0 Å². The van der Waals surface area contributed by atoms with Gasteiger partial charge in [-0.1, -0.05) is 34.8 Å². The Labute approximate surface area is 78.7 Å². The third-order valence-corrected chi connectivity index (χ3v) is 1.78. The van der Waals surface area contributed by atoms with Gasteiger partial charge in [-0.3, -0.25) is 0 Å². The summed E-state index contributed by atoms with van der Waals surface area (Å²) in [5, 5.41) is 0.244. The minimum atomic E-state index is -0.744. The summed E-state index contributed by atoms with van der Waals surface area (Å²) in [6, 6.07) is 0. The quantitative estimate of drug-likeness (QED) is 0.632. The summed E-state index contributed by atoms with van der Waals surface area (Å²) in [7, 11) is 0. The highest BCUT2D eigenvalue weighted by Gasteiger charge is 2.04. The highest BCUT2D eigenvalue weighted by Crippen LogP contribution is 2.20. The van der Waals surface area contributed by atoms with Gasteiger partial charge in [-0.2, -0.15) is 0 Å². The molecule has 0 rings (SSSR count). The van der Waals surface area contributed by atoms with Crippen LogP contribution in [0.3, 0.4) is 0 Å². The highest BCUT2D eigenvalue weighted by atomic mass is 35.5. The molecule has 0 unspecified atom stereocenters. The summed E-state index contributed by atoms with van der Waals surface area (Å²) in [5.41, 5.74) is 0. The first kappa shape index (κ1) is 10.2. The molecule has 0 nitrogen and oxygen atoms in total. The number of hydrogen-bond acceptors (Lipinski definition) is 0. The first-order chi connectivity index (χ1) is 4.04. The van der Waals surface area contributed by atoms with Crippen molar-refractivity contribution in [2.45, 2.75) is 9.67 Å². The molecule has 0 aromatic heterocycles. The minimum absolute atomic E-state index is 0.244. The zero-order valence-corrected chi connectivity index (χ0v) is 7.90. The molecule has 0 amide bonds. The van der Waals surface area contributed by atoms with Gasteiger partial charge in [-0.15, -0.1) is 23.2 Å². The number of halogens is 5. The average Bonchev–Trinajstić information content (AvgIpc) is 1.63. The molecular weight excluding hydrogens is 225 g/mol. The standard InChI is InChI=1S/C4H3Cl5/c5-2(4(8)9)1-3(6)7/h1,3-4H. The van der Waals surface area contributed by atoms with E-state index in [2.05, 4.69) is 0 Å². The summed E-state index contributed by atoms with van der Waals surface area (Å²) in [6.45, 7) is 0. The lowest BCUT2D eigenvalue weighted by atomic mass is 10.6. The lowest BCUT2D eigenvalue weighted by Gasteiger charge is -1.97. The molecule has 9 heavy (non-hydrogen) atoms. The van der Waals surface area contributed by atoms with Crippen LogP contribution in [-0.2, 0) is 0 Å². The average molecular weight is 228 g/mol. The first-order valence-corrected chi connectivity index (χ1v) is 4.10. The molecule has 0 saturated heterocycles. The van der Waals surface area contributed by atoms with Crippen molar-refractivity contribution in [3.05, 3.63) is 11.1 Å². The van der Waals surface area contributed by atoms with Crippen LogP contribution in [0.15, 0.2) is 11.1 Å². The van der Waals surface area contributed by atoms with Gasteiger partial charge in [0.2, 0.25) is 0 Å². The molecule has 0 aliphatic carbocycles. The van der Waals surface area contributed by atoms with Crippen LogP contribution in [0.1, 0.15) is 0 Å². The fraction of sp³-hybridized carbons (Fsp3) is 0.500. The summed E-state index contributed by atoms with van der Waals surface area (Å²) in [4.78, 5) is -1.40. The van der Waals surface area contributed by atoms with Crippen LogP contribution in [0.25, 0.3) is 0 Å². The Morgan fingerprint density at radius 3 is 1.67 bits per heavy atom. The van der Waals surface area contributed by atoms with Crippen molar-refractivity contribution >= 4 is 58.0 Å². The Hall–Kier alpha value is 1.19. The van der Waals surface area contributed by atoms with Gasteiger partial charge in [-0.05, 0) is 6.08 Å². The Balaban J connectivity index is 3.84. The van der Waals surface area contributed by atoms with E-state index >= 15 is 0 Å². The van der Waals surface area contributed by atoms with Gasteiger partial charge in [0, 0.05) is 5.03 Å². The second-order valence-electron chi connectivity index (χ2n) is 1.19. The lowest BCUT2D eigenvalue weighted by molar-refractivity contribution is 1.46. The van der Waals surface area contributed by atoms with Gasteiger partial charge < -0.3 is 0 Å². The second kappa shape index (κ2) is 4.92. The van der Waals surface area contributed by atoms with Gasteiger partial charge >= 0.3 is 0 Å². The van der Waals surface area contributed by atoms with Crippen LogP contribution in [0.5, 0.6) is 0 Å². The fourth-order valence-corrected chi connectivity index (χ4v) is 0.865. The second-order valence-corrected chi connectivity index (χ2v) is 3.88. The van der Waals surface area contributed by atoms with Gasteiger partial charge in [-0.25, -0.2) is 0 Å². The summed E-state index contributed by atoms with van der Waals surface area (Å²) < 4.78 is 0. The highest BCUT2D eigenvalue weighted by molar-refractivity contribution is 6.53. The molecule has 0 aromatic carbocycles. The smallest absolute Gasteiger partial charge is 0.101 e. The predicted molar refractivity (Wildman–Crippen MR) is 44.9 cm³/mol. The fourth-order valence-electron chi connectivity index (χ4n) is 0.193. The summed E-state index contributed by atoms with van der Waals surface area (Å²) in [5.74, 6) is 0. The van der Waals surface area contributed by atoms with Gasteiger partial charge in [0.05, 0.1) is 0 Å². The molecule has 0 fully saturated rings. The van der Waals surface area contributed by atoms with E-state index in [1.54, 1.807) is 0 Å². The number of alkyl halides is 4. The maximum Gasteiger partial charge on any atom is 0.142 e. The van der Waals surface area contributed by atoms with E-state index in [4.69, 9.17) is 58.0 Å². The van der Waals surface area contributed by atoms with Gasteiger partial charge in [0.15, 0.2) is 0 Å². The zero-order chi connectivity index (χ0) is 7.44. The van der Waals surface area contributed by atoms with Crippen molar-refractivity contribution in [1.29, 1.82) is 0 Å². The van der Waals surface area contributed by atoms with Crippen LogP contribution in [-0.4, -0.2) is 9.67 Å². The van der Waals surface area contributed by atoms with Crippen molar-refractivity contribution in [1.82, 2.24) is 0 Å². The normalized spacial score (nSPS) is 13.4. The molecule has 0 aromatic rings. The summed E-state index contributed by atoms with van der Waals surface area (Å²) in [6.07, 6.45) is 1.36. The number of hydrogen-bond donors (Lipinski definition) is 0. The van der Waals surface area contributed by atoms with E-state index < -0.39 is 9.67 Å². The third-order valence-electron chi connectivity index (χ3n) is 0.494. The van der Waals surface area contributed by atoms with Crippen LogP contribution in [0.2, 0.25) is 0 Å². The van der Waals surface area contributed by atoms with E-state index in [0.29, 0.717) is 0 Å². The van der Waals surface area contributed by atoms with Crippen molar-refractivity contribution in [3.63, 3.8) is 0 Å². The molecule has 0 aliphatic heterocycles. The molecule has 0 saturated carbocycles. The Morgan fingerprint density at radius 2 is 1.56 bits per heavy atom. The molecule has 5 heteroatoms. The lowest BCUT2D eigenvalue weighted by Crippen LogP contribution is -1.88. The van der Waals surface area contributed by atoms with E-state index in [0.717, 1.165) is 0 Å². The molecule has 54 valence electrons. The largest absolute Gasteiger partial charge is 0.142 e. The SMILES string of the molecule is ClC(=CC(Cl)Cl)C(Cl)Cl. The van der Waals surface area contributed by atoms with Crippen LogP contribution < -0.4 is 0 Å². The molecule has 0 N–H and O–H groups in total. The molecule has 0 heterocycles. The predicted octanol–water partition coefficient (Wildman–Crippen LogP) is 3.72. The first-order valence-electron chi connectivity index (χ1n) is 1.97. The molecule has 0 aliphatic rings. The Morgan fingerprint density at radius 1 is 1.11 bits per heavy atom. The van der Waals surface area contributed by atoms with Crippen LogP contribution in [0.4, 0.5) is 0 Å². The van der Waals surface area contributed by atoms with Gasteiger partial charge in [0.1, 0.15) is 9.67 Å². The molecular formula is C4H3Cl5. The molecule has 0 radical (unpaired) electrons. The molecule has 0 bridgehead atoms. The number of allylic oxidation sites excluding steroid dienone is 2. The zero-order valence-electron chi connectivity index (χ0n) is 4.12. The van der Waals surface area contributed by atoms with E-state index in [9.17, 15) is 0 Å². The van der Waals surface area contributed by atoms with Gasteiger partial charge in [0.25, 0.3) is 0 Å². The topological polar surface area (TPSA) is 0 Å². The van der Waals surface area contributed by atoms with Crippen molar-refractivity contribution in [2.24, 2.45) is 0 Å². The van der Waals surface area contributed by atoms with Crippen LogP contribution in [0, 0.1) is 0 Å². The van der Waals surface area contributed by atoms with Crippen LogP contribution >= 0.6 is 58.0 Å². The maximum absolute atomic E-state index is 5.44. The van der Waals surface area contributed by atoms with E-state index in [-0.39, 0.29) is 5.03 Å². The maximum atomic E-state index is 5.44. The number of rotatable bonds is 2. The van der Waals surface area contributed by atoms with Crippen molar-refractivity contribution in [2.75, 3.05) is 0 Å². The third kappa shape index (κ3) is 5.63. The summed E-state index contributed by atoms with van der Waals surface area (Å²) >= 11 is 26.7. The monoisotopic (exact) mass is 226 g/mol. The Kier molecular flexibility index (Phi) is 5.57. The minimum Gasteiger partial charge on any atom is -0.101 e. The van der Waals surface area contributed by atoms with E-state index in [1.165, 1.54) is 6.08 Å². The molecule has 0 spiro atoms. The van der Waals surface area contributed by atoms with Crippen molar-refractivity contribution < 1.29 is 0 Å². The molecule has 0 atom stereocenters. The Bertz CT molecular complexity index is 106.